The molecule has 1 amide bonds. The molecule has 1 aliphatic rings. The minimum atomic E-state index is -0.160. The molecule has 2 aromatic heterocycles. The van der Waals surface area contributed by atoms with Crippen LogP contribution >= 0.6 is 0 Å². The van der Waals surface area contributed by atoms with Crippen LogP contribution in [0.2, 0.25) is 0 Å². The summed E-state index contributed by atoms with van der Waals surface area (Å²) in [4.78, 5) is 24.0. The number of rotatable bonds is 4. The van der Waals surface area contributed by atoms with Gasteiger partial charge in [0.2, 0.25) is 0 Å². The highest BCUT2D eigenvalue weighted by molar-refractivity contribution is 6.08. The molecule has 1 atom stereocenters. The molecule has 5 heteroatoms. The molecule has 138 valence electrons. The van der Waals surface area contributed by atoms with Crippen molar-refractivity contribution in [2.75, 3.05) is 16.8 Å². The van der Waals surface area contributed by atoms with Crippen molar-refractivity contribution in [1.82, 2.24) is 9.97 Å². The molecule has 0 radical (unpaired) electrons. The van der Waals surface area contributed by atoms with Crippen LogP contribution in [0.5, 0.6) is 0 Å². The molecule has 4 rings (SSSR count). The lowest BCUT2D eigenvalue weighted by Gasteiger charge is -2.37. The van der Waals surface area contributed by atoms with Gasteiger partial charge in [0.1, 0.15) is 0 Å². The van der Waals surface area contributed by atoms with Crippen molar-refractivity contribution in [1.29, 1.82) is 0 Å². The second kappa shape index (κ2) is 7.74. The maximum Gasteiger partial charge on any atom is 0.257 e. The Hall–Kier alpha value is -2.95. The molecule has 3 heterocycles. The van der Waals surface area contributed by atoms with Crippen molar-refractivity contribution >= 4 is 28.2 Å². The summed E-state index contributed by atoms with van der Waals surface area (Å²) in [6, 6.07) is 12.2. The van der Waals surface area contributed by atoms with Crippen LogP contribution in [-0.4, -0.2) is 28.5 Å². The lowest BCUT2D eigenvalue weighted by molar-refractivity contribution is 0.102. The summed E-state index contributed by atoms with van der Waals surface area (Å²) in [7, 11) is 0. The van der Waals surface area contributed by atoms with Crippen molar-refractivity contribution in [3.63, 3.8) is 0 Å². The lowest BCUT2D eigenvalue weighted by Crippen LogP contribution is -2.39. The van der Waals surface area contributed by atoms with Gasteiger partial charge in [0, 0.05) is 30.4 Å². The standard InChI is InChI=1S/C22H24N4O/c1-2-18-9-3-4-12-26(18)19-13-17(14-23-15-19)22(27)25-20-10-5-7-16-8-6-11-24-21(16)20/h5-8,10-11,13-15,18H,2-4,9,12H2,1H3,(H,25,27). The van der Waals surface area contributed by atoms with Gasteiger partial charge in [-0.05, 0) is 43.9 Å². The van der Waals surface area contributed by atoms with Crippen LogP contribution in [0.25, 0.3) is 10.9 Å². The molecule has 1 unspecified atom stereocenters. The highest BCUT2D eigenvalue weighted by Crippen LogP contribution is 2.27. The van der Waals surface area contributed by atoms with E-state index in [1.165, 1.54) is 19.3 Å². The van der Waals surface area contributed by atoms with Crippen molar-refractivity contribution < 1.29 is 4.79 Å². The molecule has 1 fully saturated rings. The van der Waals surface area contributed by atoms with Crippen LogP contribution in [0.3, 0.4) is 0 Å². The number of hydrogen-bond donors (Lipinski definition) is 1. The summed E-state index contributed by atoms with van der Waals surface area (Å²) in [5.74, 6) is -0.160. The lowest BCUT2D eigenvalue weighted by atomic mass is 9.99. The molecule has 0 bridgehead atoms. The Balaban J connectivity index is 1.59. The number of benzene rings is 1. The minimum Gasteiger partial charge on any atom is -0.367 e. The molecule has 1 N–H and O–H groups in total. The number of carbonyl (C=O) groups is 1. The van der Waals surface area contributed by atoms with E-state index in [1.54, 1.807) is 12.4 Å². The average molecular weight is 360 g/mol. The Morgan fingerprint density at radius 3 is 3.00 bits per heavy atom. The first-order valence-corrected chi connectivity index (χ1v) is 9.63. The van der Waals surface area contributed by atoms with Gasteiger partial charge in [-0.15, -0.1) is 0 Å². The van der Waals surface area contributed by atoms with E-state index in [0.29, 0.717) is 17.3 Å². The average Bonchev–Trinajstić information content (AvgIpc) is 2.74. The number of para-hydroxylation sites is 1. The summed E-state index contributed by atoms with van der Waals surface area (Å²) < 4.78 is 0. The number of carbonyl (C=O) groups excluding carboxylic acids is 1. The molecule has 0 spiro atoms. The number of aromatic nitrogens is 2. The molecule has 5 nitrogen and oxygen atoms in total. The molecule has 1 aliphatic heterocycles. The molecule has 27 heavy (non-hydrogen) atoms. The van der Waals surface area contributed by atoms with Gasteiger partial charge < -0.3 is 10.2 Å². The van der Waals surface area contributed by atoms with E-state index in [0.717, 1.165) is 29.6 Å². The summed E-state index contributed by atoms with van der Waals surface area (Å²) in [5.41, 5.74) is 3.11. The second-order valence-electron chi connectivity index (χ2n) is 7.02. The zero-order chi connectivity index (χ0) is 18.6. The topological polar surface area (TPSA) is 58.1 Å². The Kier molecular flexibility index (Phi) is 5.01. The monoisotopic (exact) mass is 360 g/mol. The van der Waals surface area contributed by atoms with Crippen molar-refractivity contribution in [3.8, 4) is 0 Å². The van der Waals surface area contributed by atoms with Gasteiger partial charge in [-0.2, -0.15) is 0 Å². The largest absolute Gasteiger partial charge is 0.367 e. The first-order chi connectivity index (χ1) is 13.3. The number of nitrogens with zero attached hydrogens (tertiary/aromatic N) is 3. The number of pyridine rings is 2. The van der Waals surface area contributed by atoms with E-state index in [9.17, 15) is 4.79 Å². The van der Waals surface area contributed by atoms with Gasteiger partial charge >= 0.3 is 0 Å². The number of piperidine rings is 1. The highest BCUT2D eigenvalue weighted by Gasteiger charge is 2.22. The van der Waals surface area contributed by atoms with Crippen molar-refractivity contribution in [2.45, 2.75) is 38.6 Å². The SMILES string of the molecule is CCC1CCCCN1c1cncc(C(=O)Nc2cccc3cccnc23)c1. The van der Waals surface area contributed by atoms with E-state index in [1.807, 2.05) is 42.6 Å². The molecule has 0 aliphatic carbocycles. The molecule has 1 aromatic carbocycles. The van der Waals surface area contributed by atoms with E-state index in [-0.39, 0.29) is 5.91 Å². The van der Waals surface area contributed by atoms with Crippen LogP contribution < -0.4 is 10.2 Å². The van der Waals surface area contributed by atoms with Crippen LogP contribution in [0.4, 0.5) is 11.4 Å². The fraction of sp³-hybridized carbons (Fsp3) is 0.318. The third kappa shape index (κ3) is 3.63. The Bertz CT molecular complexity index is 950. The van der Waals surface area contributed by atoms with Gasteiger partial charge in [0.25, 0.3) is 5.91 Å². The maximum absolute atomic E-state index is 12.8. The molecule has 3 aromatic rings. The molecular formula is C22H24N4O. The van der Waals surface area contributed by atoms with Crippen LogP contribution in [0, 0.1) is 0 Å². The Labute approximate surface area is 159 Å². The predicted octanol–water partition coefficient (Wildman–Crippen LogP) is 4.65. The number of nitrogens with one attached hydrogen (secondary N) is 1. The van der Waals surface area contributed by atoms with Gasteiger partial charge in [0.15, 0.2) is 0 Å². The number of fused-ring (bicyclic) bond motifs is 1. The van der Waals surface area contributed by atoms with E-state index >= 15 is 0 Å². The summed E-state index contributed by atoms with van der Waals surface area (Å²) in [6.07, 6.45) is 10.0. The molecular weight excluding hydrogens is 336 g/mol. The van der Waals surface area contributed by atoms with Gasteiger partial charge in [0.05, 0.1) is 28.7 Å². The summed E-state index contributed by atoms with van der Waals surface area (Å²) in [5, 5.41) is 4.00. The fourth-order valence-corrected chi connectivity index (χ4v) is 3.87. The molecule has 1 saturated heterocycles. The van der Waals surface area contributed by atoms with Crippen LogP contribution in [0.1, 0.15) is 43.0 Å². The summed E-state index contributed by atoms with van der Waals surface area (Å²) in [6.45, 7) is 3.25. The number of hydrogen-bond acceptors (Lipinski definition) is 4. The predicted molar refractivity (Wildman–Crippen MR) is 109 cm³/mol. The summed E-state index contributed by atoms with van der Waals surface area (Å²) >= 11 is 0. The Morgan fingerprint density at radius 2 is 2.11 bits per heavy atom. The zero-order valence-electron chi connectivity index (χ0n) is 15.6. The Morgan fingerprint density at radius 1 is 1.22 bits per heavy atom. The van der Waals surface area contributed by atoms with E-state index in [2.05, 4.69) is 27.1 Å². The highest BCUT2D eigenvalue weighted by atomic mass is 16.1. The van der Waals surface area contributed by atoms with Crippen LogP contribution in [0.15, 0.2) is 55.0 Å². The second-order valence-corrected chi connectivity index (χ2v) is 7.02. The smallest absolute Gasteiger partial charge is 0.257 e. The number of amides is 1. The zero-order valence-corrected chi connectivity index (χ0v) is 15.6. The first kappa shape index (κ1) is 17.5. The quantitative estimate of drug-likeness (QED) is 0.736. The minimum absolute atomic E-state index is 0.160. The van der Waals surface area contributed by atoms with Crippen molar-refractivity contribution in [2.24, 2.45) is 0 Å². The third-order valence-corrected chi connectivity index (χ3v) is 5.30. The van der Waals surface area contributed by atoms with Gasteiger partial charge in [-0.3, -0.25) is 14.8 Å². The van der Waals surface area contributed by atoms with Gasteiger partial charge in [-0.1, -0.05) is 25.1 Å². The number of anilines is 2. The maximum atomic E-state index is 12.8. The fourth-order valence-electron chi connectivity index (χ4n) is 3.87. The van der Waals surface area contributed by atoms with Gasteiger partial charge in [-0.25, -0.2) is 0 Å². The first-order valence-electron chi connectivity index (χ1n) is 9.63. The van der Waals surface area contributed by atoms with Crippen molar-refractivity contribution in [3.05, 3.63) is 60.6 Å². The van der Waals surface area contributed by atoms with E-state index in [4.69, 9.17) is 0 Å². The third-order valence-electron chi connectivity index (χ3n) is 5.30. The normalized spacial score (nSPS) is 17.1. The van der Waals surface area contributed by atoms with E-state index < -0.39 is 0 Å². The molecule has 0 saturated carbocycles. The van der Waals surface area contributed by atoms with Crippen LogP contribution in [-0.2, 0) is 0 Å².